The second-order valence-corrected chi connectivity index (χ2v) is 7.09. The monoisotopic (exact) mass is 353 g/mol. The largest absolute Gasteiger partial charge is 0.352 e. The van der Waals surface area contributed by atoms with Gasteiger partial charge in [0.1, 0.15) is 5.82 Å². The Bertz CT molecular complexity index is 976. The number of aromatic nitrogens is 2. The Morgan fingerprint density at radius 1 is 1.28 bits per heavy atom. The molecule has 1 aromatic carbocycles. The second-order valence-electron chi connectivity index (χ2n) is 6.31. The highest BCUT2D eigenvalue weighted by molar-refractivity contribution is 7.07. The number of nitrogens with one attached hydrogen (secondary N) is 1. The van der Waals surface area contributed by atoms with Gasteiger partial charge in [0, 0.05) is 25.1 Å². The van der Waals surface area contributed by atoms with E-state index < -0.39 is 0 Å². The molecule has 0 aliphatic carbocycles. The zero-order valence-corrected chi connectivity index (χ0v) is 14.6. The highest BCUT2D eigenvalue weighted by atomic mass is 32.1. The van der Waals surface area contributed by atoms with Crippen molar-refractivity contribution in [2.75, 3.05) is 6.54 Å². The molecule has 0 radical (unpaired) electrons. The summed E-state index contributed by atoms with van der Waals surface area (Å²) in [5.41, 5.74) is 2.39. The summed E-state index contributed by atoms with van der Waals surface area (Å²) in [5, 5.41) is 7.64. The smallest absolute Gasteiger partial charge is 0.261 e. The molecule has 0 saturated carbocycles. The number of rotatable bonds is 4. The van der Waals surface area contributed by atoms with E-state index in [2.05, 4.69) is 21.7 Å². The van der Waals surface area contributed by atoms with Gasteiger partial charge in [-0.3, -0.25) is 14.2 Å². The Labute approximate surface area is 149 Å². The van der Waals surface area contributed by atoms with Crippen LogP contribution in [-0.2, 0) is 19.4 Å². The van der Waals surface area contributed by atoms with Gasteiger partial charge in [0.2, 0.25) is 0 Å². The van der Waals surface area contributed by atoms with Crippen molar-refractivity contribution in [2.45, 2.75) is 32.2 Å². The maximum atomic E-state index is 12.6. The van der Waals surface area contributed by atoms with Gasteiger partial charge in [-0.15, -0.1) is 0 Å². The molecule has 3 heterocycles. The van der Waals surface area contributed by atoms with Crippen molar-refractivity contribution in [3.05, 3.63) is 62.3 Å². The van der Waals surface area contributed by atoms with E-state index in [0.29, 0.717) is 23.0 Å². The Morgan fingerprint density at radius 2 is 2.20 bits per heavy atom. The first-order valence-corrected chi connectivity index (χ1v) is 9.49. The van der Waals surface area contributed by atoms with Crippen LogP contribution in [0.1, 0.15) is 34.6 Å². The molecule has 25 heavy (non-hydrogen) atoms. The molecule has 0 bridgehead atoms. The van der Waals surface area contributed by atoms with E-state index >= 15 is 0 Å². The number of carbonyl (C=O) groups excluding carboxylic acids is 1. The predicted octanol–water partition coefficient (Wildman–Crippen LogP) is 2.77. The average molecular weight is 353 g/mol. The lowest BCUT2D eigenvalue weighted by atomic mass is 10.1. The molecule has 6 heteroatoms. The fraction of sp³-hybridized carbons (Fsp3) is 0.316. The molecule has 2 aromatic heterocycles. The highest BCUT2D eigenvalue weighted by Crippen LogP contribution is 2.16. The molecule has 0 saturated heterocycles. The van der Waals surface area contributed by atoms with E-state index in [1.165, 1.54) is 5.56 Å². The topological polar surface area (TPSA) is 64.0 Å². The van der Waals surface area contributed by atoms with Gasteiger partial charge < -0.3 is 5.32 Å². The number of hydrogen-bond acceptors (Lipinski definition) is 4. The summed E-state index contributed by atoms with van der Waals surface area (Å²) in [6.07, 6.45) is 3.71. The Morgan fingerprint density at radius 3 is 3.04 bits per heavy atom. The van der Waals surface area contributed by atoms with E-state index in [0.717, 1.165) is 38.1 Å². The summed E-state index contributed by atoms with van der Waals surface area (Å²) < 4.78 is 1.77. The molecular weight excluding hydrogens is 334 g/mol. The molecule has 0 unspecified atom stereocenters. The number of nitrogens with zero attached hydrogens (tertiary/aromatic N) is 2. The summed E-state index contributed by atoms with van der Waals surface area (Å²) in [6, 6.07) is 7.22. The molecule has 1 aliphatic rings. The first-order chi connectivity index (χ1) is 12.2. The Kier molecular flexibility index (Phi) is 4.36. The van der Waals surface area contributed by atoms with E-state index in [1.807, 2.05) is 5.38 Å². The van der Waals surface area contributed by atoms with Gasteiger partial charge in [0.05, 0.1) is 10.9 Å². The molecule has 128 valence electrons. The van der Waals surface area contributed by atoms with Gasteiger partial charge >= 0.3 is 0 Å². The van der Waals surface area contributed by atoms with Gasteiger partial charge in [-0.25, -0.2) is 4.98 Å². The average Bonchev–Trinajstić information content (AvgIpc) is 3.15. The van der Waals surface area contributed by atoms with Crippen molar-refractivity contribution in [1.29, 1.82) is 0 Å². The van der Waals surface area contributed by atoms with Crippen molar-refractivity contribution in [3.8, 4) is 0 Å². The number of thiophene rings is 1. The van der Waals surface area contributed by atoms with Crippen LogP contribution in [0.15, 0.2) is 39.8 Å². The molecule has 0 fully saturated rings. The molecule has 1 N–H and O–H groups in total. The minimum absolute atomic E-state index is 0.00381. The van der Waals surface area contributed by atoms with Crippen LogP contribution >= 0.6 is 11.3 Å². The van der Waals surface area contributed by atoms with Crippen molar-refractivity contribution >= 4 is 28.1 Å². The van der Waals surface area contributed by atoms with Gasteiger partial charge in [-0.2, -0.15) is 11.3 Å². The fourth-order valence-electron chi connectivity index (χ4n) is 3.24. The number of amides is 1. The number of fused-ring (bicyclic) bond motifs is 2. The summed E-state index contributed by atoms with van der Waals surface area (Å²) >= 11 is 1.66. The standard InChI is InChI=1S/C19H19N3O2S/c23-18(20-8-6-13-7-10-25-12-13)14-4-5-15-16(11-14)21-17-3-1-2-9-22(17)19(15)24/h4-5,7,10-12H,1-3,6,8-9H2,(H,20,23). The third-order valence-corrected chi connectivity index (χ3v) is 5.34. The third-order valence-electron chi connectivity index (χ3n) is 4.61. The van der Waals surface area contributed by atoms with Crippen LogP contribution in [0.4, 0.5) is 0 Å². The molecular formula is C19H19N3O2S. The van der Waals surface area contributed by atoms with Gasteiger partial charge in [-0.05, 0) is 59.9 Å². The normalized spacial score (nSPS) is 13.6. The maximum Gasteiger partial charge on any atom is 0.261 e. The van der Waals surface area contributed by atoms with E-state index in [-0.39, 0.29) is 11.5 Å². The van der Waals surface area contributed by atoms with E-state index in [1.54, 1.807) is 34.1 Å². The SMILES string of the molecule is O=C(NCCc1ccsc1)c1ccc2c(=O)n3c(nc2c1)CCCC3. The predicted molar refractivity (Wildman–Crippen MR) is 99.3 cm³/mol. The van der Waals surface area contributed by atoms with Gasteiger partial charge in [0.25, 0.3) is 11.5 Å². The van der Waals surface area contributed by atoms with E-state index in [4.69, 9.17) is 0 Å². The fourth-order valence-corrected chi connectivity index (χ4v) is 3.94. The van der Waals surface area contributed by atoms with Gasteiger partial charge in [0.15, 0.2) is 0 Å². The zero-order chi connectivity index (χ0) is 17.2. The van der Waals surface area contributed by atoms with Crippen molar-refractivity contribution in [1.82, 2.24) is 14.9 Å². The van der Waals surface area contributed by atoms with Crippen LogP contribution in [0.3, 0.4) is 0 Å². The molecule has 1 aliphatic heterocycles. The Balaban J connectivity index is 1.56. The number of carbonyl (C=O) groups is 1. The highest BCUT2D eigenvalue weighted by Gasteiger charge is 2.15. The van der Waals surface area contributed by atoms with Crippen LogP contribution in [0, 0.1) is 0 Å². The first-order valence-electron chi connectivity index (χ1n) is 8.55. The summed E-state index contributed by atoms with van der Waals surface area (Å²) in [5.74, 6) is 0.704. The number of aryl methyl sites for hydroxylation is 1. The number of benzene rings is 1. The minimum atomic E-state index is -0.128. The lowest BCUT2D eigenvalue weighted by Crippen LogP contribution is -2.29. The van der Waals surface area contributed by atoms with Crippen molar-refractivity contribution in [3.63, 3.8) is 0 Å². The van der Waals surface area contributed by atoms with Crippen LogP contribution in [0.25, 0.3) is 10.9 Å². The first kappa shape index (κ1) is 16.0. The third kappa shape index (κ3) is 3.22. The summed E-state index contributed by atoms with van der Waals surface area (Å²) in [4.78, 5) is 29.6. The lowest BCUT2D eigenvalue weighted by Gasteiger charge is -2.17. The lowest BCUT2D eigenvalue weighted by molar-refractivity contribution is 0.0954. The van der Waals surface area contributed by atoms with Gasteiger partial charge in [-0.1, -0.05) is 0 Å². The molecule has 0 spiro atoms. The van der Waals surface area contributed by atoms with E-state index in [9.17, 15) is 9.59 Å². The summed E-state index contributed by atoms with van der Waals surface area (Å²) in [6.45, 7) is 1.33. The molecule has 3 aromatic rings. The summed E-state index contributed by atoms with van der Waals surface area (Å²) in [7, 11) is 0. The van der Waals surface area contributed by atoms with Crippen molar-refractivity contribution in [2.24, 2.45) is 0 Å². The molecule has 0 atom stereocenters. The molecule has 1 amide bonds. The van der Waals surface area contributed by atoms with Crippen LogP contribution in [0.2, 0.25) is 0 Å². The number of hydrogen-bond donors (Lipinski definition) is 1. The maximum absolute atomic E-state index is 12.6. The zero-order valence-electron chi connectivity index (χ0n) is 13.8. The quantitative estimate of drug-likeness (QED) is 0.784. The minimum Gasteiger partial charge on any atom is -0.352 e. The molecule has 4 rings (SSSR count). The van der Waals surface area contributed by atoms with Crippen LogP contribution in [-0.4, -0.2) is 22.0 Å². The van der Waals surface area contributed by atoms with Crippen LogP contribution < -0.4 is 10.9 Å². The molecule has 5 nitrogen and oxygen atoms in total. The second kappa shape index (κ2) is 6.80. The Hall–Kier alpha value is -2.47. The van der Waals surface area contributed by atoms with Crippen molar-refractivity contribution < 1.29 is 4.79 Å². The van der Waals surface area contributed by atoms with Crippen LogP contribution in [0.5, 0.6) is 0 Å².